The van der Waals surface area contributed by atoms with Gasteiger partial charge in [0.1, 0.15) is 0 Å². The maximum atomic E-state index is 10.7. The van der Waals surface area contributed by atoms with Gasteiger partial charge in [-0.05, 0) is 26.7 Å². The van der Waals surface area contributed by atoms with Crippen LogP contribution in [-0.4, -0.2) is 34.6 Å². The number of carbonyl (C=O) groups is 1. The molecule has 0 saturated heterocycles. The number of nitrogens with zero attached hydrogens (tertiary/aromatic N) is 1. The molecule has 14 heavy (non-hydrogen) atoms. The molecular formula is C11H21NO2. The van der Waals surface area contributed by atoms with Crippen molar-refractivity contribution in [3.63, 3.8) is 0 Å². The van der Waals surface area contributed by atoms with Crippen molar-refractivity contribution >= 4 is 5.97 Å². The van der Waals surface area contributed by atoms with Crippen molar-refractivity contribution in [1.29, 1.82) is 0 Å². The Morgan fingerprint density at radius 2 is 1.93 bits per heavy atom. The monoisotopic (exact) mass is 199 g/mol. The van der Waals surface area contributed by atoms with Gasteiger partial charge in [-0.2, -0.15) is 0 Å². The van der Waals surface area contributed by atoms with Crippen molar-refractivity contribution in [3.8, 4) is 0 Å². The molecule has 1 aliphatic rings. The summed E-state index contributed by atoms with van der Waals surface area (Å²) in [4.78, 5) is 12.8. The Morgan fingerprint density at radius 1 is 1.36 bits per heavy atom. The summed E-state index contributed by atoms with van der Waals surface area (Å²) in [6, 6.07) is 0.842. The van der Waals surface area contributed by atoms with E-state index in [1.165, 1.54) is 32.1 Å². The third kappa shape index (κ3) is 3.29. The van der Waals surface area contributed by atoms with Crippen LogP contribution in [0, 0.1) is 0 Å². The molecule has 0 spiro atoms. The number of carboxylic acids is 1. The maximum absolute atomic E-state index is 10.7. The van der Waals surface area contributed by atoms with Crippen molar-refractivity contribution in [2.45, 2.75) is 58.0 Å². The van der Waals surface area contributed by atoms with Gasteiger partial charge in [0.05, 0.1) is 6.54 Å². The SMILES string of the molecule is CC(C)N(CC(=O)O)C1CCCCC1. The van der Waals surface area contributed by atoms with Gasteiger partial charge in [0, 0.05) is 12.1 Å². The van der Waals surface area contributed by atoms with E-state index in [9.17, 15) is 4.79 Å². The van der Waals surface area contributed by atoms with Gasteiger partial charge in [-0.1, -0.05) is 19.3 Å². The van der Waals surface area contributed by atoms with Crippen LogP contribution in [0.25, 0.3) is 0 Å². The highest BCUT2D eigenvalue weighted by Crippen LogP contribution is 2.23. The molecular weight excluding hydrogens is 178 g/mol. The summed E-state index contributed by atoms with van der Waals surface area (Å²) in [7, 11) is 0. The second-order valence-corrected chi connectivity index (χ2v) is 4.45. The van der Waals surface area contributed by atoms with E-state index in [2.05, 4.69) is 18.7 Å². The second-order valence-electron chi connectivity index (χ2n) is 4.45. The molecule has 0 radical (unpaired) electrons. The van der Waals surface area contributed by atoms with Gasteiger partial charge in [0.15, 0.2) is 0 Å². The van der Waals surface area contributed by atoms with E-state index in [1.54, 1.807) is 0 Å². The van der Waals surface area contributed by atoms with E-state index in [1.807, 2.05) is 0 Å². The molecule has 0 aliphatic heterocycles. The minimum Gasteiger partial charge on any atom is -0.480 e. The Morgan fingerprint density at radius 3 is 2.36 bits per heavy atom. The average molecular weight is 199 g/mol. The molecule has 1 saturated carbocycles. The minimum absolute atomic E-state index is 0.197. The normalized spacial score (nSPS) is 19.1. The number of aliphatic carboxylic acids is 1. The predicted octanol–water partition coefficient (Wildman–Crippen LogP) is 2.11. The molecule has 3 nitrogen and oxygen atoms in total. The predicted molar refractivity (Wildman–Crippen MR) is 56.4 cm³/mol. The fraction of sp³-hybridized carbons (Fsp3) is 0.909. The minimum atomic E-state index is -0.704. The Balaban J connectivity index is 2.51. The van der Waals surface area contributed by atoms with Crippen LogP contribution in [0.3, 0.4) is 0 Å². The summed E-state index contributed by atoms with van der Waals surface area (Å²) < 4.78 is 0. The summed E-state index contributed by atoms with van der Waals surface area (Å²) in [6.45, 7) is 4.36. The number of hydrogen-bond acceptors (Lipinski definition) is 2. The Bertz CT molecular complexity index is 186. The number of rotatable bonds is 4. The lowest BCUT2D eigenvalue weighted by Crippen LogP contribution is -2.44. The first kappa shape index (κ1) is 11.5. The van der Waals surface area contributed by atoms with E-state index < -0.39 is 5.97 Å². The highest BCUT2D eigenvalue weighted by Gasteiger charge is 2.24. The van der Waals surface area contributed by atoms with Crippen LogP contribution >= 0.6 is 0 Å². The van der Waals surface area contributed by atoms with E-state index in [0.29, 0.717) is 12.1 Å². The molecule has 1 aliphatic carbocycles. The Labute approximate surface area is 86.1 Å². The van der Waals surface area contributed by atoms with Crippen molar-refractivity contribution in [2.24, 2.45) is 0 Å². The molecule has 0 aromatic carbocycles. The van der Waals surface area contributed by atoms with E-state index >= 15 is 0 Å². The van der Waals surface area contributed by atoms with Crippen molar-refractivity contribution in [2.75, 3.05) is 6.54 Å². The first-order valence-corrected chi connectivity index (χ1v) is 5.59. The third-order valence-electron chi connectivity index (χ3n) is 3.02. The highest BCUT2D eigenvalue weighted by molar-refractivity contribution is 5.69. The summed E-state index contributed by atoms with van der Waals surface area (Å²) in [6.07, 6.45) is 6.17. The van der Waals surface area contributed by atoms with Crippen LogP contribution < -0.4 is 0 Å². The van der Waals surface area contributed by atoms with Gasteiger partial charge in [0.2, 0.25) is 0 Å². The molecule has 82 valence electrons. The molecule has 0 unspecified atom stereocenters. The number of carboxylic acid groups (broad SMARTS) is 1. The van der Waals surface area contributed by atoms with Crippen LogP contribution in [0.2, 0.25) is 0 Å². The molecule has 1 rings (SSSR count). The van der Waals surface area contributed by atoms with Crippen LogP contribution in [0.5, 0.6) is 0 Å². The molecule has 0 bridgehead atoms. The fourth-order valence-electron chi connectivity index (χ4n) is 2.30. The quantitative estimate of drug-likeness (QED) is 0.754. The molecule has 1 fully saturated rings. The van der Waals surface area contributed by atoms with Crippen molar-refractivity contribution in [3.05, 3.63) is 0 Å². The van der Waals surface area contributed by atoms with Crippen LogP contribution in [-0.2, 0) is 4.79 Å². The molecule has 0 heterocycles. The lowest BCUT2D eigenvalue weighted by Gasteiger charge is -2.36. The standard InChI is InChI=1S/C11H21NO2/c1-9(2)12(8-11(13)14)10-6-4-3-5-7-10/h9-10H,3-8H2,1-2H3,(H,13,14). The van der Waals surface area contributed by atoms with Gasteiger partial charge in [-0.3, -0.25) is 9.69 Å². The third-order valence-corrected chi connectivity index (χ3v) is 3.02. The summed E-state index contributed by atoms with van der Waals surface area (Å²) >= 11 is 0. The molecule has 0 atom stereocenters. The molecule has 3 heteroatoms. The number of hydrogen-bond donors (Lipinski definition) is 1. The molecule has 0 amide bonds. The fourth-order valence-corrected chi connectivity index (χ4v) is 2.30. The van der Waals surface area contributed by atoms with Crippen molar-refractivity contribution in [1.82, 2.24) is 4.90 Å². The maximum Gasteiger partial charge on any atom is 0.317 e. The van der Waals surface area contributed by atoms with Gasteiger partial charge in [0.25, 0.3) is 0 Å². The van der Waals surface area contributed by atoms with Gasteiger partial charge >= 0.3 is 5.97 Å². The topological polar surface area (TPSA) is 40.5 Å². The summed E-state index contributed by atoms with van der Waals surface area (Å²) in [5, 5.41) is 8.82. The van der Waals surface area contributed by atoms with Gasteiger partial charge < -0.3 is 5.11 Å². The molecule has 0 aromatic rings. The van der Waals surface area contributed by atoms with Crippen LogP contribution in [0.15, 0.2) is 0 Å². The Kier molecular flexibility index (Phi) is 4.39. The van der Waals surface area contributed by atoms with E-state index in [0.717, 1.165) is 0 Å². The van der Waals surface area contributed by atoms with Gasteiger partial charge in [-0.15, -0.1) is 0 Å². The average Bonchev–Trinajstić information content (AvgIpc) is 2.15. The van der Waals surface area contributed by atoms with E-state index in [4.69, 9.17) is 5.11 Å². The van der Waals surface area contributed by atoms with Crippen molar-refractivity contribution < 1.29 is 9.90 Å². The summed E-state index contributed by atoms with van der Waals surface area (Å²) in [5.74, 6) is -0.704. The summed E-state index contributed by atoms with van der Waals surface area (Å²) in [5.41, 5.74) is 0. The zero-order chi connectivity index (χ0) is 10.6. The van der Waals surface area contributed by atoms with E-state index in [-0.39, 0.29) is 6.54 Å². The Hall–Kier alpha value is -0.570. The lowest BCUT2D eigenvalue weighted by molar-refractivity contribution is -0.139. The van der Waals surface area contributed by atoms with Crippen LogP contribution in [0.1, 0.15) is 46.0 Å². The lowest BCUT2D eigenvalue weighted by atomic mass is 9.93. The largest absolute Gasteiger partial charge is 0.480 e. The zero-order valence-corrected chi connectivity index (χ0v) is 9.20. The van der Waals surface area contributed by atoms with Crippen LogP contribution in [0.4, 0.5) is 0 Å². The first-order chi connectivity index (χ1) is 6.61. The first-order valence-electron chi connectivity index (χ1n) is 5.59. The molecule has 0 aromatic heterocycles. The highest BCUT2D eigenvalue weighted by atomic mass is 16.4. The second kappa shape index (κ2) is 5.35. The molecule has 1 N–H and O–H groups in total. The van der Waals surface area contributed by atoms with Gasteiger partial charge in [-0.25, -0.2) is 0 Å². The zero-order valence-electron chi connectivity index (χ0n) is 9.20. The smallest absolute Gasteiger partial charge is 0.317 e.